The topological polar surface area (TPSA) is 118 Å². The normalized spacial score (nSPS) is 24.2. The van der Waals surface area contributed by atoms with Crippen LogP contribution in [0.25, 0.3) is 0 Å². The molecule has 2 N–H and O–H groups in total. The van der Waals surface area contributed by atoms with Crippen molar-refractivity contribution in [1.29, 1.82) is 1.43 Å². The number of hydrogen-bond donors (Lipinski definition) is 2. The van der Waals surface area contributed by atoms with Gasteiger partial charge in [0.05, 0.1) is 6.10 Å². The van der Waals surface area contributed by atoms with Crippen molar-refractivity contribution >= 4 is 25.9 Å². The van der Waals surface area contributed by atoms with E-state index in [0.29, 0.717) is 0 Å². The van der Waals surface area contributed by atoms with Crippen molar-refractivity contribution in [2.45, 2.75) is 71.2 Å². The number of aromatic nitrogens is 2. The standard InChI is InChI=1S/C19H33N4O6PS.CH4O/c1-11(2)23(12(3)4)30(26-8)29-15-13(5)27-17(16(15)28-19(31)21(6)7)22-10-9-14(24)20-18(22)25;1-2/h9-13,15-17H,1-8H3,(H,20,24,25);2H,1H3/t13-,15+,16?,17-,30?;/m1./s1/i5D;2T. The monoisotopic (exact) mass is 511 g/mol. The first-order valence-electron chi connectivity index (χ1n) is 11.5. The molecular formula is C20H37N4O7PS. The first-order valence-corrected chi connectivity index (χ1v) is 11.9. The fourth-order valence-corrected chi connectivity index (χ4v) is 5.02. The molecule has 1 aliphatic heterocycles. The minimum Gasteiger partial charge on any atom is -0.460 e. The molecule has 1 aromatic rings. The number of nitrogens with one attached hydrogen (secondary N) is 1. The maximum atomic E-state index is 12.5. The van der Waals surface area contributed by atoms with Gasteiger partial charge in [-0.1, -0.05) is 0 Å². The Hall–Kier alpha value is -1.40. The second-order valence-electron chi connectivity index (χ2n) is 7.88. The van der Waals surface area contributed by atoms with Gasteiger partial charge in [0.15, 0.2) is 12.3 Å². The third-order valence-electron chi connectivity index (χ3n) is 4.63. The van der Waals surface area contributed by atoms with Gasteiger partial charge in [-0.2, -0.15) is 0 Å². The molecule has 11 nitrogen and oxygen atoms in total. The van der Waals surface area contributed by atoms with E-state index in [0.717, 1.165) is 0 Å². The molecule has 2 rings (SSSR count). The van der Waals surface area contributed by atoms with Crippen LogP contribution in [0, 0.1) is 0 Å². The number of H-pyrrole nitrogens is 1. The first-order chi connectivity index (χ1) is 16.4. The molecule has 0 radical (unpaired) electrons. The summed E-state index contributed by atoms with van der Waals surface area (Å²) in [6.45, 7) is 8.04. The average molecular weight is 512 g/mol. The van der Waals surface area contributed by atoms with Gasteiger partial charge in [0.25, 0.3) is 19.3 Å². The van der Waals surface area contributed by atoms with Crippen molar-refractivity contribution < 1.29 is 25.0 Å². The van der Waals surface area contributed by atoms with Gasteiger partial charge < -0.3 is 28.5 Å². The number of aliphatic hydroxyl groups excluding tert-OH is 1. The molecule has 2 unspecified atom stereocenters. The molecule has 13 heteroatoms. The van der Waals surface area contributed by atoms with Crippen molar-refractivity contribution in [2.75, 3.05) is 28.3 Å². The molecule has 0 spiro atoms. The molecule has 33 heavy (non-hydrogen) atoms. The second-order valence-corrected chi connectivity index (χ2v) is 9.75. The Labute approximate surface area is 204 Å². The zero-order valence-corrected chi connectivity index (χ0v) is 22.1. The molecule has 0 saturated carbocycles. The molecule has 0 amide bonds. The second kappa shape index (κ2) is 13.5. The summed E-state index contributed by atoms with van der Waals surface area (Å²) in [7, 11) is 4.81. The van der Waals surface area contributed by atoms with Crippen LogP contribution in [-0.4, -0.2) is 89.5 Å². The first kappa shape index (κ1) is 26.2. The lowest BCUT2D eigenvalue weighted by atomic mass is 10.1. The van der Waals surface area contributed by atoms with Crippen molar-refractivity contribution in [2.24, 2.45) is 0 Å². The van der Waals surface area contributed by atoms with E-state index in [1.165, 1.54) is 23.9 Å². The van der Waals surface area contributed by atoms with Crippen molar-refractivity contribution in [3.8, 4) is 0 Å². The maximum Gasteiger partial charge on any atom is 0.330 e. The van der Waals surface area contributed by atoms with Crippen LogP contribution in [-0.2, 0) is 18.5 Å². The molecule has 1 fully saturated rings. The van der Waals surface area contributed by atoms with Gasteiger partial charge in [-0.15, -0.1) is 0 Å². The SMILES string of the molecule is [2H]C[C@H]1O[C@@H](n2ccc(=O)[nH]c2=O)C(OC(=S)N(C)C)[C@H]1OP(OC)N(C(C)C)C(C)C.[3H]OC. The summed E-state index contributed by atoms with van der Waals surface area (Å²) in [5, 5.41) is 3.67. The number of nitrogens with zero attached hydrogens (tertiary/aromatic N) is 3. The van der Waals surface area contributed by atoms with E-state index in [-0.39, 0.29) is 24.2 Å². The fourth-order valence-electron chi connectivity index (χ4n) is 3.30. The van der Waals surface area contributed by atoms with E-state index in [1.807, 2.05) is 27.7 Å². The highest BCUT2D eigenvalue weighted by molar-refractivity contribution is 7.80. The molecule has 0 aliphatic carbocycles. The molecule has 2 heterocycles. The summed E-state index contributed by atoms with van der Waals surface area (Å²) in [4.78, 5) is 27.8. The summed E-state index contributed by atoms with van der Waals surface area (Å²) in [6, 6.07) is 1.49. The number of thiocarbonyl (C=S) groups is 1. The Balaban J connectivity index is 0.00000194. The molecular weight excluding hydrogens is 471 g/mol. The number of hydrogen-bond acceptors (Lipinski definition) is 9. The molecule has 0 aromatic carbocycles. The largest absolute Gasteiger partial charge is 0.460 e. The smallest absolute Gasteiger partial charge is 0.330 e. The maximum absolute atomic E-state index is 12.5. The zero-order valence-electron chi connectivity index (χ0n) is 22.4. The van der Waals surface area contributed by atoms with E-state index < -0.39 is 44.3 Å². The minimum atomic E-state index is -1.52. The highest BCUT2D eigenvalue weighted by atomic mass is 32.1. The van der Waals surface area contributed by atoms with Gasteiger partial charge in [-0.05, 0) is 46.8 Å². The quantitative estimate of drug-likeness (QED) is 0.394. The molecule has 1 aliphatic rings. The number of ether oxygens (including phenoxy) is 2. The van der Waals surface area contributed by atoms with Crippen LogP contribution in [0.1, 0.15) is 42.2 Å². The van der Waals surface area contributed by atoms with E-state index >= 15 is 0 Å². The Bertz CT molecular complexity index is 897. The van der Waals surface area contributed by atoms with Gasteiger partial charge in [-0.3, -0.25) is 14.3 Å². The number of rotatable bonds is 8. The Morgan fingerprint density at radius 1 is 1.36 bits per heavy atom. The molecule has 190 valence electrons. The highest BCUT2D eigenvalue weighted by Crippen LogP contribution is 2.49. The van der Waals surface area contributed by atoms with Gasteiger partial charge in [-0.25, -0.2) is 9.46 Å². The Morgan fingerprint density at radius 2 is 1.97 bits per heavy atom. The van der Waals surface area contributed by atoms with Crippen LogP contribution in [0.2, 0.25) is 0 Å². The van der Waals surface area contributed by atoms with Crippen LogP contribution in [0.3, 0.4) is 0 Å². The van der Waals surface area contributed by atoms with Crippen LogP contribution in [0.15, 0.2) is 21.9 Å². The van der Waals surface area contributed by atoms with Crippen LogP contribution in [0.4, 0.5) is 0 Å². The van der Waals surface area contributed by atoms with Crippen molar-refractivity contribution in [1.82, 2.24) is 19.1 Å². The molecule has 1 saturated heterocycles. The zero-order chi connectivity index (χ0) is 26.9. The van der Waals surface area contributed by atoms with Crippen molar-refractivity contribution in [3.63, 3.8) is 0 Å². The van der Waals surface area contributed by atoms with Crippen LogP contribution >= 0.6 is 20.7 Å². The summed E-state index contributed by atoms with van der Waals surface area (Å²) in [5.41, 5.74) is -1.18. The fraction of sp³-hybridized carbons (Fsp3) is 0.750. The van der Waals surface area contributed by atoms with E-state index in [1.54, 1.807) is 26.1 Å². The minimum absolute atomic E-state index is 0.135. The lowest BCUT2D eigenvalue weighted by Gasteiger charge is -2.37. The summed E-state index contributed by atoms with van der Waals surface area (Å²) in [6.07, 6.45) is -1.95. The van der Waals surface area contributed by atoms with E-state index in [2.05, 4.69) is 14.8 Å². The predicted molar refractivity (Wildman–Crippen MR) is 131 cm³/mol. The van der Waals surface area contributed by atoms with E-state index in [4.69, 9.17) is 33.5 Å². The number of aromatic amines is 1. The lowest BCUT2D eigenvalue weighted by Crippen LogP contribution is -2.43. The average Bonchev–Trinajstić information content (AvgIpc) is 3.09. The lowest BCUT2D eigenvalue weighted by molar-refractivity contribution is -0.0328. The third kappa shape index (κ3) is 7.54. The Morgan fingerprint density at radius 3 is 2.42 bits per heavy atom. The Kier molecular flexibility index (Phi) is 10.7. The van der Waals surface area contributed by atoms with Crippen molar-refractivity contribution in [3.05, 3.63) is 33.1 Å². The molecule has 0 bridgehead atoms. The van der Waals surface area contributed by atoms with E-state index in [9.17, 15) is 9.59 Å². The predicted octanol–water partition coefficient (Wildman–Crippen LogP) is 1.67. The third-order valence-corrected chi connectivity index (χ3v) is 7.13. The van der Waals surface area contributed by atoms with Crippen LogP contribution in [0.5, 0.6) is 0 Å². The summed E-state index contributed by atoms with van der Waals surface area (Å²) in [5.74, 6) is 0. The summed E-state index contributed by atoms with van der Waals surface area (Å²) >= 11 is 5.34. The van der Waals surface area contributed by atoms with Gasteiger partial charge in [0.1, 0.15) is 6.10 Å². The van der Waals surface area contributed by atoms with Gasteiger partial charge >= 0.3 is 5.69 Å². The van der Waals surface area contributed by atoms with Gasteiger partial charge in [0, 0.05) is 54.0 Å². The number of aliphatic hydroxyl groups is 1. The van der Waals surface area contributed by atoms with Crippen LogP contribution < -0.4 is 11.2 Å². The highest BCUT2D eigenvalue weighted by Gasteiger charge is 2.49. The van der Waals surface area contributed by atoms with Gasteiger partial charge in [0.2, 0.25) is 1.43 Å². The summed E-state index contributed by atoms with van der Waals surface area (Å²) < 4.78 is 41.2. The molecule has 5 atom stereocenters. The molecule has 1 aromatic heterocycles.